The van der Waals surface area contributed by atoms with Gasteiger partial charge in [0.2, 0.25) is 0 Å². The van der Waals surface area contributed by atoms with E-state index in [1.807, 2.05) is 0 Å². The number of aromatic amines is 1. The Hall–Kier alpha value is -7.61. The minimum atomic E-state index is -0.263. The standard InChI is InChI=1S/C44H29N4O8.CH3.Co/c49-29-5-1-6-30(50)41(29)37-21-13-15-23(45-21)38(42-31(51)7-2-8-32(42)52)25-17-19-27(47-25)40(44-35(55)11-4-12-36(44)56)28-20-18-26(48-28)39(24-16-14-22(37)46-24)43-33(53)9-3-10-34(43)54;;/h1-20H,(H9-,45,46,47,48,49,50,51,52,53,54,55,56);1H3;/q2*-1;+2. The fourth-order valence-corrected chi connectivity index (χ4v) is 7.32. The van der Waals surface area contributed by atoms with Gasteiger partial charge in [0.05, 0.1) is 45.0 Å². The molecule has 289 valence electrons. The van der Waals surface area contributed by atoms with Gasteiger partial charge >= 0.3 is 16.8 Å². The van der Waals surface area contributed by atoms with Crippen molar-refractivity contribution in [2.24, 2.45) is 0 Å². The van der Waals surface area contributed by atoms with E-state index in [9.17, 15) is 40.9 Å². The Bertz CT molecular complexity index is 2560. The topological polar surface area (TPSA) is 218 Å². The molecule has 0 atom stereocenters. The van der Waals surface area contributed by atoms with Crippen LogP contribution in [-0.2, 0) is 16.8 Å². The Morgan fingerprint density at radius 1 is 0.345 bits per heavy atom. The average molecular weight is 816 g/mol. The van der Waals surface area contributed by atoms with E-state index in [0.29, 0.717) is 11.0 Å². The fourth-order valence-electron chi connectivity index (χ4n) is 7.32. The smallest absolute Gasteiger partial charge is 0.657 e. The first kappa shape index (κ1) is 38.7. The van der Waals surface area contributed by atoms with Crippen LogP contribution in [0.1, 0.15) is 22.8 Å². The van der Waals surface area contributed by atoms with Crippen molar-refractivity contribution < 1.29 is 57.6 Å². The largest absolute Gasteiger partial charge is 2.00 e. The third-order valence-electron chi connectivity index (χ3n) is 9.76. The van der Waals surface area contributed by atoms with E-state index < -0.39 is 0 Å². The van der Waals surface area contributed by atoms with Crippen LogP contribution in [-0.4, -0.2) is 55.8 Å². The van der Waals surface area contributed by atoms with Crippen molar-refractivity contribution in [3.8, 4) is 90.5 Å². The summed E-state index contributed by atoms with van der Waals surface area (Å²) in [6.45, 7) is 0. The van der Waals surface area contributed by atoms with Crippen LogP contribution in [0.5, 0.6) is 46.0 Å². The van der Waals surface area contributed by atoms with Crippen molar-refractivity contribution in [3.05, 3.63) is 127 Å². The summed E-state index contributed by atoms with van der Waals surface area (Å²) in [4.78, 5) is 18.2. The molecule has 1 radical (unpaired) electrons. The number of nitrogens with one attached hydrogen (secondary N) is 1. The summed E-state index contributed by atoms with van der Waals surface area (Å²) in [6.07, 6.45) is 6.59. The van der Waals surface area contributed by atoms with E-state index in [1.54, 1.807) is 48.6 Å². The van der Waals surface area contributed by atoms with E-state index in [4.69, 9.17) is 15.0 Å². The van der Waals surface area contributed by atoms with E-state index >= 15 is 0 Å². The molecule has 0 saturated carbocycles. The van der Waals surface area contributed by atoms with E-state index in [0.717, 1.165) is 0 Å². The first-order chi connectivity index (χ1) is 27.1. The van der Waals surface area contributed by atoms with E-state index in [1.165, 1.54) is 72.8 Å². The number of fused-ring (bicyclic) bond motifs is 8. The van der Waals surface area contributed by atoms with Crippen LogP contribution in [0, 0.1) is 7.43 Å². The Morgan fingerprint density at radius 2 is 0.603 bits per heavy atom. The van der Waals surface area contributed by atoms with Crippen molar-refractivity contribution in [2.75, 3.05) is 0 Å². The summed E-state index contributed by atoms with van der Waals surface area (Å²) in [7, 11) is 0. The summed E-state index contributed by atoms with van der Waals surface area (Å²) in [5.74, 6) is -2.05. The predicted molar refractivity (Wildman–Crippen MR) is 219 cm³/mol. The second-order valence-corrected chi connectivity index (χ2v) is 13.1. The summed E-state index contributed by atoms with van der Waals surface area (Å²) in [5.41, 5.74) is 3.38. The molecule has 2 aliphatic rings. The number of aromatic nitrogens is 4. The van der Waals surface area contributed by atoms with Gasteiger partial charge in [0, 0.05) is 33.3 Å². The van der Waals surface area contributed by atoms with Crippen LogP contribution in [0.25, 0.3) is 90.9 Å². The molecule has 2 aliphatic heterocycles. The summed E-state index contributed by atoms with van der Waals surface area (Å²) in [6, 6.07) is 23.9. The van der Waals surface area contributed by atoms with Gasteiger partial charge in [-0.1, -0.05) is 36.4 Å². The van der Waals surface area contributed by atoms with Gasteiger partial charge < -0.3 is 58.2 Å². The molecular weight excluding hydrogens is 783 g/mol. The van der Waals surface area contributed by atoms with Gasteiger partial charge in [0.25, 0.3) is 0 Å². The van der Waals surface area contributed by atoms with Crippen molar-refractivity contribution in [2.45, 2.75) is 0 Å². The van der Waals surface area contributed by atoms with Crippen LogP contribution in [0.15, 0.2) is 97.1 Å². The molecule has 8 bridgehead atoms. The number of aromatic hydroxyl groups is 8. The number of rotatable bonds is 4. The van der Waals surface area contributed by atoms with Gasteiger partial charge in [-0.25, -0.2) is 9.97 Å². The molecular formula is C45H32CoN4O8. The molecule has 3 aromatic heterocycles. The van der Waals surface area contributed by atoms with Crippen LogP contribution >= 0.6 is 0 Å². The Labute approximate surface area is 340 Å². The molecule has 0 amide bonds. The molecule has 9 rings (SSSR count). The van der Waals surface area contributed by atoms with Crippen LogP contribution in [0.3, 0.4) is 0 Å². The van der Waals surface area contributed by atoms with Crippen LogP contribution < -0.4 is 4.98 Å². The van der Waals surface area contributed by atoms with E-state index in [-0.39, 0.29) is 149 Å². The van der Waals surface area contributed by atoms with E-state index in [2.05, 4.69) is 4.98 Å². The maximum absolute atomic E-state index is 11.2. The predicted octanol–water partition coefficient (Wildman–Crippen LogP) is 9.05. The fraction of sp³-hybridized carbons (Fsp3) is 0. The van der Waals surface area contributed by atoms with Gasteiger partial charge in [-0.2, -0.15) is 0 Å². The summed E-state index contributed by atoms with van der Waals surface area (Å²) >= 11 is 0. The zero-order valence-electron chi connectivity index (χ0n) is 30.3. The third-order valence-corrected chi connectivity index (χ3v) is 9.76. The molecule has 0 spiro atoms. The maximum Gasteiger partial charge on any atom is 2.00 e. The molecule has 12 nitrogen and oxygen atoms in total. The number of H-pyrrole nitrogens is 1. The van der Waals surface area contributed by atoms with Crippen LogP contribution in [0.4, 0.5) is 0 Å². The Balaban J connectivity index is 0.00000256. The molecule has 0 unspecified atom stereocenters. The van der Waals surface area contributed by atoms with Crippen molar-refractivity contribution in [1.29, 1.82) is 0 Å². The number of benzene rings is 4. The minimum absolute atomic E-state index is 0. The molecule has 5 heterocycles. The second-order valence-electron chi connectivity index (χ2n) is 13.1. The minimum Gasteiger partial charge on any atom is -0.657 e. The van der Waals surface area contributed by atoms with Crippen LogP contribution in [0.2, 0.25) is 0 Å². The summed E-state index contributed by atoms with van der Waals surface area (Å²) < 4.78 is 0. The molecule has 0 fully saturated rings. The second kappa shape index (κ2) is 14.8. The number of hydrogen-bond donors (Lipinski definition) is 9. The SMILES string of the molecule is Oc1cccc(O)c1-c1c2nc(c(-c3c(O)cccc3O)c3ccc([nH]3)c(-c3c(O)cccc3O)c3nc(c(-c4c(O)cccc4O)c4ccc1[n-]4)C=C3)C=C2.[CH3-].[Co+2]. The maximum atomic E-state index is 11.2. The molecule has 0 aliphatic carbocycles. The molecule has 7 aromatic rings. The van der Waals surface area contributed by atoms with Crippen molar-refractivity contribution >= 4 is 46.4 Å². The quantitative estimate of drug-likeness (QED) is 0.0764. The van der Waals surface area contributed by atoms with Gasteiger partial charge in [-0.05, 0) is 85.0 Å². The van der Waals surface area contributed by atoms with Gasteiger partial charge in [0.15, 0.2) is 0 Å². The van der Waals surface area contributed by atoms with Crippen molar-refractivity contribution in [1.82, 2.24) is 19.9 Å². The normalized spacial score (nSPS) is 11.6. The van der Waals surface area contributed by atoms with Gasteiger partial charge in [-0.15, -0.1) is 11.0 Å². The first-order valence-electron chi connectivity index (χ1n) is 17.2. The van der Waals surface area contributed by atoms with Gasteiger partial charge in [-0.3, -0.25) is 0 Å². The Morgan fingerprint density at radius 3 is 0.897 bits per heavy atom. The third kappa shape index (κ3) is 6.20. The van der Waals surface area contributed by atoms with Crippen molar-refractivity contribution in [3.63, 3.8) is 0 Å². The number of phenolic OH excluding ortho intramolecular Hbond substituents is 8. The van der Waals surface area contributed by atoms with Gasteiger partial charge in [0.1, 0.15) is 46.0 Å². The Kier molecular flexibility index (Phi) is 9.86. The average Bonchev–Trinajstić information content (AvgIpc) is 4.00. The number of phenols is 8. The molecule has 9 N–H and O–H groups in total. The monoisotopic (exact) mass is 815 g/mol. The zero-order valence-corrected chi connectivity index (χ0v) is 31.3. The number of nitrogens with zero attached hydrogens (tertiary/aromatic N) is 3. The molecule has 4 aromatic carbocycles. The molecule has 0 saturated heterocycles. The zero-order chi connectivity index (χ0) is 38.8. The molecule has 13 heteroatoms. The molecule has 58 heavy (non-hydrogen) atoms. The summed E-state index contributed by atoms with van der Waals surface area (Å²) in [5, 5.41) is 89.5. The number of hydrogen-bond acceptors (Lipinski definition) is 10. The first-order valence-corrected chi connectivity index (χ1v) is 17.2.